The molecular formula is C22H26O6. The highest BCUT2D eigenvalue weighted by molar-refractivity contribution is 5.29. The Labute approximate surface area is 164 Å². The molecule has 4 rings (SSSR count). The van der Waals surface area contributed by atoms with E-state index < -0.39 is 42.9 Å². The number of fused-ring (bicyclic) bond motifs is 1. The molecule has 28 heavy (non-hydrogen) atoms. The first-order valence-corrected chi connectivity index (χ1v) is 9.50. The molecule has 3 N–H and O–H groups in total. The van der Waals surface area contributed by atoms with Gasteiger partial charge in [-0.25, -0.2) is 0 Å². The van der Waals surface area contributed by atoms with Crippen LogP contribution >= 0.6 is 0 Å². The lowest BCUT2D eigenvalue weighted by atomic mass is 9.81. The Bertz CT molecular complexity index is 805. The van der Waals surface area contributed by atoms with E-state index in [0.717, 1.165) is 16.7 Å². The van der Waals surface area contributed by atoms with Crippen LogP contribution in [0, 0.1) is 13.8 Å². The van der Waals surface area contributed by atoms with Gasteiger partial charge in [0, 0.05) is 5.56 Å². The molecule has 0 amide bonds. The maximum atomic E-state index is 11.5. The molecular weight excluding hydrogens is 360 g/mol. The lowest BCUT2D eigenvalue weighted by Crippen LogP contribution is -2.58. The first kappa shape index (κ1) is 19.5. The van der Waals surface area contributed by atoms with Crippen LogP contribution in [-0.2, 0) is 14.2 Å². The van der Waals surface area contributed by atoms with E-state index in [2.05, 4.69) is 0 Å². The molecule has 6 nitrogen and oxygen atoms in total. The van der Waals surface area contributed by atoms with Gasteiger partial charge in [0.2, 0.25) is 0 Å². The lowest BCUT2D eigenvalue weighted by Gasteiger charge is -2.40. The molecule has 6 heteroatoms. The van der Waals surface area contributed by atoms with E-state index in [0.29, 0.717) is 5.56 Å². The third kappa shape index (κ3) is 3.26. The van der Waals surface area contributed by atoms with Crippen LogP contribution in [0.4, 0.5) is 0 Å². The number of benzene rings is 2. The van der Waals surface area contributed by atoms with E-state index in [-0.39, 0.29) is 6.61 Å². The van der Waals surface area contributed by atoms with Gasteiger partial charge in [0.1, 0.15) is 24.4 Å². The highest BCUT2D eigenvalue weighted by atomic mass is 16.7. The largest absolute Gasteiger partial charge is 0.394 e. The van der Waals surface area contributed by atoms with Gasteiger partial charge >= 0.3 is 0 Å². The van der Waals surface area contributed by atoms with Gasteiger partial charge < -0.3 is 29.5 Å². The smallest absolute Gasteiger partial charge is 0.184 e. The first-order chi connectivity index (χ1) is 13.4. The van der Waals surface area contributed by atoms with Crippen LogP contribution in [-0.4, -0.2) is 52.4 Å². The Morgan fingerprint density at radius 3 is 2.11 bits per heavy atom. The van der Waals surface area contributed by atoms with Crippen LogP contribution in [0.1, 0.15) is 34.6 Å². The zero-order valence-electron chi connectivity index (χ0n) is 16.0. The first-order valence-electron chi connectivity index (χ1n) is 9.50. The standard InChI is InChI=1S/C22H26O6/c1-13-3-7-15(8-4-13)19-22(25,18(24)11-23)20-17(27-19)12-26-21(28-20)16-9-5-14(2)6-10-16/h3-10,17-21,23-25H,11-12H2,1-2H3/t17-,18+,19?,20+,21?,22-/m0/s1. The molecule has 150 valence electrons. The molecule has 2 saturated heterocycles. The molecule has 2 aromatic rings. The van der Waals surface area contributed by atoms with E-state index in [4.69, 9.17) is 14.2 Å². The summed E-state index contributed by atoms with van der Waals surface area (Å²) in [6.45, 7) is 3.57. The molecule has 6 atom stereocenters. The van der Waals surface area contributed by atoms with Crippen LogP contribution in [0.25, 0.3) is 0 Å². The zero-order valence-corrected chi connectivity index (χ0v) is 16.0. The summed E-state index contributed by atoms with van der Waals surface area (Å²) in [6, 6.07) is 15.3. The summed E-state index contributed by atoms with van der Waals surface area (Å²) in [5, 5.41) is 31.7. The average Bonchev–Trinajstić information content (AvgIpc) is 3.02. The summed E-state index contributed by atoms with van der Waals surface area (Å²) < 4.78 is 18.0. The van der Waals surface area contributed by atoms with Crippen molar-refractivity contribution in [1.82, 2.24) is 0 Å². The fourth-order valence-corrected chi connectivity index (χ4v) is 3.98. The Kier molecular flexibility index (Phi) is 5.26. The van der Waals surface area contributed by atoms with Gasteiger partial charge in [0.25, 0.3) is 0 Å². The topological polar surface area (TPSA) is 88.4 Å². The average molecular weight is 386 g/mol. The van der Waals surface area contributed by atoms with Crippen LogP contribution < -0.4 is 0 Å². The minimum Gasteiger partial charge on any atom is -0.394 e. The molecule has 0 radical (unpaired) electrons. The fraction of sp³-hybridized carbons (Fsp3) is 0.455. The van der Waals surface area contributed by atoms with E-state index in [1.165, 1.54) is 0 Å². The van der Waals surface area contributed by atoms with Gasteiger partial charge in [-0.3, -0.25) is 0 Å². The third-order valence-corrected chi connectivity index (χ3v) is 5.64. The predicted octanol–water partition coefficient (Wildman–Crippen LogP) is 1.94. The highest BCUT2D eigenvalue weighted by Gasteiger charge is 2.62. The Hall–Kier alpha value is -1.80. The van der Waals surface area contributed by atoms with Gasteiger partial charge in [-0.15, -0.1) is 0 Å². The van der Waals surface area contributed by atoms with Crippen molar-refractivity contribution < 1.29 is 29.5 Å². The van der Waals surface area contributed by atoms with Gasteiger partial charge in [0.05, 0.1) is 13.2 Å². The summed E-state index contributed by atoms with van der Waals surface area (Å²) in [5.41, 5.74) is 1.92. The Morgan fingerprint density at radius 1 is 0.964 bits per heavy atom. The van der Waals surface area contributed by atoms with Crippen molar-refractivity contribution in [2.45, 2.75) is 50.2 Å². The Balaban J connectivity index is 1.66. The van der Waals surface area contributed by atoms with Crippen LogP contribution in [0.15, 0.2) is 48.5 Å². The van der Waals surface area contributed by atoms with Gasteiger partial charge in [-0.1, -0.05) is 59.7 Å². The maximum absolute atomic E-state index is 11.5. The number of aliphatic hydroxyl groups excluding tert-OH is 2. The van der Waals surface area contributed by atoms with Crippen molar-refractivity contribution in [3.63, 3.8) is 0 Å². The molecule has 0 saturated carbocycles. The minimum atomic E-state index is -1.80. The van der Waals surface area contributed by atoms with Gasteiger partial charge in [0.15, 0.2) is 11.9 Å². The normalized spacial score (nSPS) is 33.5. The second kappa shape index (κ2) is 7.55. The minimum absolute atomic E-state index is 0.214. The molecule has 0 bridgehead atoms. The summed E-state index contributed by atoms with van der Waals surface area (Å²) in [4.78, 5) is 0. The van der Waals surface area contributed by atoms with E-state index in [1.807, 2.05) is 62.4 Å². The van der Waals surface area contributed by atoms with Crippen LogP contribution in [0.3, 0.4) is 0 Å². The van der Waals surface area contributed by atoms with Crippen molar-refractivity contribution in [3.05, 3.63) is 70.8 Å². The number of aryl methyl sites for hydroxylation is 2. The lowest BCUT2D eigenvalue weighted by molar-refractivity contribution is -0.274. The molecule has 2 unspecified atom stereocenters. The molecule has 2 fully saturated rings. The number of aliphatic hydroxyl groups is 3. The molecule has 2 aliphatic heterocycles. The van der Waals surface area contributed by atoms with Crippen molar-refractivity contribution in [1.29, 1.82) is 0 Å². The zero-order chi connectivity index (χ0) is 19.9. The van der Waals surface area contributed by atoms with Gasteiger partial charge in [-0.05, 0) is 19.4 Å². The third-order valence-electron chi connectivity index (χ3n) is 5.64. The summed E-state index contributed by atoms with van der Waals surface area (Å²) in [5.74, 6) is 0. The summed E-state index contributed by atoms with van der Waals surface area (Å²) in [6.07, 6.45) is -4.35. The van der Waals surface area contributed by atoms with Crippen LogP contribution in [0.5, 0.6) is 0 Å². The monoisotopic (exact) mass is 386 g/mol. The Morgan fingerprint density at radius 2 is 1.54 bits per heavy atom. The molecule has 2 aromatic carbocycles. The number of rotatable bonds is 4. The SMILES string of the molecule is Cc1ccc(C2OC[C@@H]3OC(c4ccc(C)cc4)[C@@](O)([C@H](O)CO)[C@@H]3O2)cc1. The molecule has 0 aliphatic carbocycles. The van der Waals surface area contributed by atoms with Crippen LogP contribution in [0.2, 0.25) is 0 Å². The van der Waals surface area contributed by atoms with E-state index >= 15 is 0 Å². The second-order valence-electron chi connectivity index (χ2n) is 7.68. The second-order valence-corrected chi connectivity index (χ2v) is 7.68. The van der Waals surface area contributed by atoms with Crippen molar-refractivity contribution >= 4 is 0 Å². The predicted molar refractivity (Wildman–Crippen MR) is 102 cm³/mol. The fourth-order valence-electron chi connectivity index (χ4n) is 3.98. The number of hydrogen-bond donors (Lipinski definition) is 3. The summed E-state index contributed by atoms with van der Waals surface area (Å²) >= 11 is 0. The van der Waals surface area contributed by atoms with Crippen molar-refractivity contribution in [2.75, 3.05) is 13.2 Å². The van der Waals surface area contributed by atoms with Gasteiger partial charge in [-0.2, -0.15) is 0 Å². The quantitative estimate of drug-likeness (QED) is 0.744. The molecule has 0 aromatic heterocycles. The number of ether oxygens (including phenoxy) is 3. The maximum Gasteiger partial charge on any atom is 0.184 e. The molecule has 2 heterocycles. The van der Waals surface area contributed by atoms with E-state index in [9.17, 15) is 15.3 Å². The number of hydrogen-bond acceptors (Lipinski definition) is 6. The van der Waals surface area contributed by atoms with E-state index in [1.54, 1.807) is 0 Å². The van der Waals surface area contributed by atoms with Crippen molar-refractivity contribution in [3.8, 4) is 0 Å². The molecule has 0 spiro atoms. The van der Waals surface area contributed by atoms with Crippen molar-refractivity contribution in [2.24, 2.45) is 0 Å². The highest BCUT2D eigenvalue weighted by Crippen LogP contribution is 2.48. The molecule has 2 aliphatic rings. The summed E-state index contributed by atoms with van der Waals surface area (Å²) in [7, 11) is 0.